The second-order valence-electron chi connectivity index (χ2n) is 4.57. The number of rotatable bonds is 4. The minimum absolute atomic E-state index is 0.255. The van der Waals surface area contributed by atoms with Crippen LogP contribution in [0.1, 0.15) is 26.2 Å². The van der Waals surface area contributed by atoms with Gasteiger partial charge in [0.2, 0.25) is 0 Å². The summed E-state index contributed by atoms with van der Waals surface area (Å²) >= 11 is 0. The van der Waals surface area contributed by atoms with Crippen LogP contribution in [-0.4, -0.2) is 25.6 Å². The van der Waals surface area contributed by atoms with Gasteiger partial charge in [0.25, 0.3) is 0 Å². The first-order valence-electron chi connectivity index (χ1n) is 5.97. The number of nitrogens with one attached hydrogen (secondary N) is 2. The van der Waals surface area contributed by atoms with Crippen LogP contribution in [0.2, 0.25) is 0 Å². The molecule has 2 atom stereocenters. The van der Waals surface area contributed by atoms with E-state index >= 15 is 0 Å². The van der Waals surface area contributed by atoms with E-state index in [-0.39, 0.29) is 5.69 Å². The van der Waals surface area contributed by atoms with E-state index in [0.29, 0.717) is 11.7 Å². The van der Waals surface area contributed by atoms with Crippen LogP contribution in [-0.2, 0) is 0 Å². The summed E-state index contributed by atoms with van der Waals surface area (Å²) in [5.74, 6) is 1.57. The molecule has 0 aromatic carbocycles. The van der Waals surface area contributed by atoms with E-state index in [1.165, 1.54) is 30.0 Å². The van der Waals surface area contributed by atoms with E-state index in [9.17, 15) is 4.79 Å². The predicted molar refractivity (Wildman–Crippen MR) is 64.0 cm³/mol. The maximum atomic E-state index is 11.2. The Balaban J connectivity index is 1.76. The number of fused-ring (bicyclic) bond motifs is 1. The van der Waals surface area contributed by atoms with Crippen LogP contribution in [0.3, 0.4) is 0 Å². The molecule has 1 aliphatic carbocycles. The SMILES string of the molecule is CCCC1CC1Nc1cc2n[nH]c(=O)n2cn1. The summed E-state index contributed by atoms with van der Waals surface area (Å²) in [5, 5.41) is 9.67. The van der Waals surface area contributed by atoms with Gasteiger partial charge in [0.15, 0.2) is 5.65 Å². The molecule has 1 fully saturated rings. The minimum Gasteiger partial charge on any atom is -0.367 e. The van der Waals surface area contributed by atoms with Gasteiger partial charge in [-0.2, -0.15) is 5.10 Å². The molecule has 0 radical (unpaired) electrons. The van der Waals surface area contributed by atoms with Crippen LogP contribution in [0.15, 0.2) is 17.2 Å². The molecule has 1 aliphatic rings. The van der Waals surface area contributed by atoms with Crippen molar-refractivity contribution in [3.8, 4) is 0 Å². The van der Waals surface area contributed by atoms with E-state index in [0.717, 1.165) is 11.7 Å². The van der Waals surface area contributed by atoms with Crippen LogP contribution in [0.4, 0.5) is 5.82 Å². The molecule has 90 valence electrons. The summed E-state index contributed by atoms with van der Waals surface area (Å²) in [4.78, 5) is 15.5. The lowest BCUT2D eigenvalue weighted by Gasteiger charge is -2.04. The van der Waals surface area contributed by atoms with Crippen molar-refractivity contribution >= 4 is 11.5 Å². The minimum atomic E-state index is -0.255. The highest BCUT2D eigenvalue weighted by Crippen LogP contribution is 2.36. The van der Waals surface area contributed by atoms with Crippen molar-refractivity contribution in [2.75, 3.05) is 5.32 Å². The van der Waals surface area contributed by atoms with E-state index in [1.54, 1.807) is 6.07 Å². The zero-order valence-electron chi connectivity index (χ0n) is 9.68. The second kappa shape index (κ2) is 3.87. The van der Waals surface area contributed by atoms with Gasteiger partial charge in [-0.25, -0.2) is 19.3 Å². The number of hydrogen-bond acceptors (Lipinski definition) is 4. The summed E-state index contributed by atoms with van der Waals surface area (Å²) in [6.45, 7) is 2.20. The molecule has 2 N–H and O–H groups in total. The van der Waals surface area contributed by atoms with Crippen molar-refractivity contribution in [3.05, 3.63) is 22.9 Å². The zero-order valence-corrected chi connectivity index (χ0v) is 9.68. The molecule has 0 aliphatic heterocycles. The topological polar surface area (TPSA) is 75.1 Å². The highest BCUT2D eigenvalue weighted by molar-refractivity contribution is 5.49. The Morgan fingerprint density at radius 2 is 2.53 bits per heavy atom. The van der Waals surface area contributed by atoms with Crippen molar-refractivity contribution in [3.63, 3.8) is 0 Å². The summed E-state index contributed by atoms with van der Waals surface area (Å²) in [6.07, 6.45) is 5.21. The highest BCUT2D eigenvalue weighted by Gasteiger charge is 2.36. The third kappa shape index (κ3) is 1.90. The van der Waals surface area contributed by atoms with Crippen molar-refractivity contribution in [1.82, 2.24) is 19.6 Å². The molecule has 0 amide bonds. The summed E-state index contributed by atoms with van der Waals surface area (Å²) < 4.78 is 1.39. The van der Waals surface area contributed by atoms with Gasteiger partial charge in [-0.05, 0) is 18.8 Å². The van der Waals surface area contributed by atoms with Crippen molar-refractivity contribution < 1.29 is 0 Å². The zero-order chi connectivity index (χ0) is 11.8. The van der Waals surface area contributed by atoms with E-state index < -0.39 is 0 Å². The molecule has 17 heavy (non-hydrogen) atoms. The molecule has 6 nitrogen and oxygen atoms in total. The van der Waals surface area contributed by atoms with Crippen molar-refractivity contribution in [1.29, 1.82) is 0 Å². The first kappa shape index (κ1) is 10.3. The van der Waals surface area contributed by atoms with Crippen LogP contribution in [0.25, 0.3) is 5.65 Å². The number of H-pyrrole nitrogens is 1. The molecule has 2 aromatic heterocycles. The lowest BCUT2D eigenvalue weighted by molar-refractivity contribution is 0.692. The monoisotopic (exact) mass is 233 g/mol. The number of nitrogens with zero attached hydrogens (tertiary/aromatic N) is 3. The number of hydrogen-bond donors (Lipinski definition) is 2. The van der Waals surface area contributed by atoms with E-state index in [2.05, 4.69) is 27.4 Å². The Labute approximate surface area is 98.1 Å². The van der Waals surface area contributed by atoms with Gasteiger partial charge in [-0.1, -0.05) is 13.3 Å². The van der Waals surface area contributed by atoms with Gasteiger partial charge < -0.3 is 5.32 Å². The van der Waals surface area contributed by atoms with Gasteiger partial charge in [-0.15, -0.1) is 0 Å². The lowest BCUT2D eigenvalue weighted by Crippen LogP contribution is -2.11. The molecule has 0 spiro atoms. The molecule has 0 saturated heterocycles. The summed E-state index contributed by atoms with van der Waals surface area (Å²) in [5.41, 5.74) is 0.342. The quantitative estimate of drug-likeness (QED) is 0.826. The van der Waals surface area contributed by atoms with Crippen LogP contribution < -0.4 is 11.0 Å². The maximum Gasteiger partial charge on any atom is 0.348 e. The Morgan fingerprint density at radius 1 is 1.65 bits per heavy atom. The fraction of sp³-hybridized carbons (Fsp3) is 0.545. The maximum absolute atomic E-state index is 11.2. The molecule has 3 rings (SSSR count). The number of aromatic nitrogens is 4. The molecular formula is C11H15N5O. The Hall–Kier alpha value is -1.85. The Morgan fingerprint density at radius 3 is 3.35 bits per heavy atom. The standard InChI is InChI=1S/C11H15N5O/c1-2-3-7-4-8(7)13-9-5-10-14-15-11(17)16(10)6-12-9/h5-8,13H,2-4H2,1H3,(H,15,17). The highest BCUT2D eigenvalue weighted by atomic mass is 16.1. The molecule has 2 heterocycles. The van der Waals surface area contributed by atoms with Crippen molar-refractivity contribution in [2.24, 2.45) is 5.92 Å². The van der Waals surface area contributed by atoms with Crippen LogP contribution in [0, 0.1) is 5.92 Å². The van der Waals surface area contributed by atoms with Crippen LogP contribution in [0.5, 0.6) is 0 Å². The lowest BCUT2D eigenvalue weighted by atomic mass is 10.2. The third-order valence-corrected chi connectivity index (χ3v) is 3.23. The van der Waals surface area contributed by atoms with E-state index in [4.69, 9.17) is 0 Å². The van der Waals surface area contributed by atoms with Crippen LogP contribution >= 0.6 is 0 Å². The number of anilines is 1. The molecule has 2 aromatic rings. The Kier molecular flexibility index (Phi) is 2.35. The second-order valence-corrected chi connectivity index (χ2v) is 4.57. The number of aromatic amines is 1. The molecule has 2 unspecified atom stereocenters. The van der Waals surface area contributed by atoms with Gasteiger partial charge in [0.05, 0.1) is 0 Å². The largest absolute Gasteiger partial charge is 0.367 e. The van der Waals surface area contributed by atoms with Crippen molar-refractivity contribution in [2.45, 2.75) is 32.2 Å². The van der Waals surface area contributed by atoms with Gasteiger partial charge in [0.1, 0.15) is 12.1 Å². The van der Waals surface area contributed by atoms with Gasteiger partial charge in [0, 0.05) is 12.1 Å². The molecule has 1 saturated carbocycles. The molecular weight excluding hydrogens is 218 g/mol. The normalized spacial score (nSPS) is 22.9. The predicted octanol–water partition coefficient (Wildman–Crippen LogP) is 1.02. The fourth-order valence-corrected chi connectivity index (χ4v) is 2.19. The first-order valence-corrected chi connectivity index (χ1v) is 5.97. The molecule has 0 bridgehead atoms. The summed E-state index contributed by atoms with van der Waals surface area (Å²) in [6, 6.07) is 2.33. The third-order valence-electron chi connectivity index (χ3n) is 3.23. The van der Waals surface area contributed by atoms with Gasteiger partial charge >= 0.3 is 5.69 Å². The first-order chi connectivity index (χ1) is 8.28. The Bertz CT molecular complexity index is 587. The summed E-state index contributed by atoms with van der Waals surface area (Å²) in [7, 11) is 0. The fourth-order valence-electron chi connectivity index (χ4n) is 2.19. The van der Waals surface area contributed by atoms with Gasteiger partial charge in [-0.3, -0.25) is 0 Å². The van der Waals surface area contributed by atoms with E-state index in [1.807, 2.05) is 0 Å². The smallest absolute Gasteiger partial charge is 0.348 e. The average Bonchev–Trinajstić information content (AvgIpc) is 2.94. The average molecular weight is 233 g/mol. The molecule has 6 heteroatoms.